The van der Waals surface area contributed by atoms with Crippen molar-refractivity contribution >= 4 is 177 Å². The highest BCUT2D eigenvalue weighted by molar-refractivity contribution is 7.02. The summed E-state index contributed by atoms with van der Waals surface area (Å²) in [6.07, 6.45) is 0. The third kappa shape index (κ3) is 15.0. The van der Waals surface area contributed by atoms with Crippen LogP contribution < -0.4 is 0 Å². The van der Waals surface area contributed by atoms with E-state index in [1.165, 1.54) is 0 Å². The van der Waals surface area contributed by atoms with Gasteiger partial charge in [0.05, 0.1) is 0 Å². The van der Waals surface area contributed by atoms with Crippen LogP contribution in [0, 0.1) is 0 Å². The van der Waals surface area contributed by atoms with Gasteiger partial charge in [0, 0.05) is 151 Å². The number of fused-ring (bicyclic) bond motifs is 16. The molecule has 0 spiro atoms. The molecule has 0 N–H and O–H groups in total. The Morgan fingerprint density at radius 3 is 0.456 bits per heavy atom. The van der Waals surface area contributed by atoms with Crippen LogP contribution >= 0.6 is 0 Å². The molecule has 458 valence electrons. The Hall–Kier alpha value is 3.06. The van der Waals surface area contributed by atoms with E-state index in [1.54, 1.807) is 124 Å². The molecule has 9 heterocycles. The van der Waals surface area contributed by atoms with Gasteiger partial charge in [-0.3, -0.25) is 0 Å². The van der Waals surface area contributed by atoms with E-state index in [9.17, 15) is 0 Å². The third-order valence-corrected chi connectivity index (χ3v) is 96.7. The second-order valence-corrected chi connectivity index (χ2v) is 79.1. The van der Waals surface area contributed by atoms with Gasteiger partial charge < -0.3 is 133 Å². The molecule has 0 radical (unpaired) electrons. The van der Waals surface area contributed by atoms with Crippen LogP contribution in [0.1, 0.15) is 27.7 Å². The molecule has 9 fully saturated rings. The summed E-state index contributed by atoms with van der Waals surface area (Å²) < 4.78 is 220. The Morgan fingerprint density at radius 2 is 0.316 bits per heavy atom. The van der Waals surface area contributed by atoms with Gasteiger partial charge in [0.25, 0.3) is 0 Å². The van der Waals surface area contributed by atoms with Crippen LogP contribution in [0.25, 0.3) is 0 Å². The molecular formula is C27H78O32Si20. The molecule has 0 aromatic rings. The largest absolute Gasteiger partial charge is 0.482 e. The number of hydrogen-bond donors (Lipinski definition) is 0. The van der Waals surface area contributed by atoms with Gasteiger partial charge in [-0.2, -0.15) is 0 Å². The third-order valence-electron chi connectivity index (χ3n) is 11.8. The van der Waals surface area contributed by atoms with Crippen LogP contribution in [-0.2, 0) is 133 Å². The van der Waals surface area contributed by atoms with E-state index in [-0.39, 0.29) is 26.4 Å². The highest BCUT2D eigenvalue weighted by Crippen LogP contribution is 2.49. The summed E-state index contributed by atoms with van der Waals surface area (Å²) in [5, 5.41) is 0. The van der Waals surface area contributed by atoms with Gasteiger partial charge in [-0.05, 0) is 27.7 Å². The van der Waals surface area contributed by atoms with Crippen LogP contribution in [0.15, 0.2) is 0 Å². The van der Waals surface area contributed by atoms with E-state index in [4.69, 9.17) is 133 Å². The van der Waals surface area contributed by atoms with Crippen molar-refractivity contribution in [1.82, 2.24) is 0 Å². The molecule has 9 aliphatic heterocycles. The Morgan fingerprint density at radius 1 is 0.190 bits per heavy atom. The first kappa shape index (κ1) is 66.5. The van der Waals surface area contributed by atoms with Gasteiger partial charge in [0.15, 0.2) is 0 Å². The summed E-state index contributed by atoms with van der Waals surface area (Å²) in [5.74, 6) is 0. The zero-order chi connectivity index (χ0) is 58.5. The summed E-state index contributed by atoms with van der Waals surface area (Å²) in [6.45, 7) is 39.7. The normalized spacial score (nSPS) is 58.1. The van der Waals surface area contributed by atoms with E-state index in [2.05, 4.69) is 0 Å². The van der Waals surface area contributed by atoms with Crippen molar-refractivity contribution < 1.29 is 133 Å². The van der Waals surface area contributed by atoms with E-state index in [0.717, 1.165) is 0 Å². The minimum Gasteiger partial charge on any atom is -0.376 e. The Bertz CT molecular complexity index is 2310. The second-order valence-electron chi connectivity index (χ2n) is 21.3. The van der Waals surface area contributed by atoms with E-state index in [1.807, 2.05) is 27.7 Å². The van der Waals surface area contributed by atoms with E-state index >= 15 is 0 Å². The van der Waals surface area contributed by atoms with Crippen molar-refractivity contribution in [3.63, 3.8) is 0 Å². The fourth-order valence-corrected chi connectivity index (χ4v) is 116. The summed E-state index contributed by atoms with van der Waals surface area (Å²) in [4.78, 5) is 0. The van der Waals surface area contributed by atoms with Gasteiger partial charge in [0.1, 0.15) is 0 Å². The fraction of sp³-hybridized carbons (Fsp3) is 1.00. The predicted molar refractivity (Wildman–Crippen MR) is 305 cm³/mol. The van der Waals surface area contributed by atoms with Crippen LogP contribution in [-0.4, -0.2) is 203 Å². The molecule has 16 bridgehead atoms. The lowest BCUT2D eigenvalue weighted by Gasteiger charge is -2.57. The average Bonchev–Trinajstić information content (AvgIpc) is 3.09. The minimum atomic E-state index is -4.35. The molecule has 9 aliphatic rings. The van der Waals surface area contributed by atoms with Gasteiger partial charge in [-0.25, -0.2) is 0 Å². The smallest absolute Gasteiger partial charge is 0.376 e. The van der Waals surface area contributed by atoms with Crippen LogP contribution in [0.2, 0.25) is 124 Å². The van der Waals surface area contributed by atoms with Gasteiger partial charge >= 0.3 is 177 Å². The molecule has 20 atom stereocenters. The molecule has 0 aromatic heterocycles. The van der Waals surface area contributed by atoms with Gasteiger partial charge in [-0.15, -0.1) is 0 Å². The molecule has 0 aliphatic carbocycles. The zero-order valence-corrected chi connectivity index (χ0v) is 69.1. The minimum absolute atomic E-state index is 0.239. The standard InChI is InChI=1S/C27H78O32Si20/c1-24-28-61(5)35-62(6,29-25-2)38-69(13)47-68(12,37-61)49-74(18)45-66(10)33-60-32-65(9,41-72(16,43-66)53-76(20,50-69)55-74)42-73(17)44-67(11,34-60)46-75(19)56-77(21)51-70(14)39-63(7,30-26-3)36-64(8,31-27-4)40-71(15,48-70)52-78(22,58-77)59-79(23,54-73)57-75/h60H,24-27H2,1-23H3. The molecule has 0 amide bonds. The van der Waals surface area contributed by atoms with Crippen LogP contribution in [0.3, 0.4) is 0 Å². The van der Waals surface area contributed by atoms with E-state index in [0.29, 0.717) is 0 Å². The van der Waals surface area contributed by atoms with Crippen molar-refractivity contribution in [1.29, 1.82) is 0 Å². The first-order chi connectivity index (χ1) is 35.7. The maximum Gasteiger partial charge on any atom is 0.482 e. The van der Waals surface area contributed by atoms with Crippen molar-refractivity contribution in [3.8, 4) is 0 Å². The molecule has 32 nitrogen and oxygen atoms in total. The van der Waals surface area contributed by atoms with Crippen LogP contribution in [0.4, 0.5) is 0 Å². The van der Waals surface area contributed by atoms with Crippen molar-refractivity contribution in [3.05, 3.63) is 0 Å². The summed E-state index contributed by atoms with van der Waals surface area (Å²) in [6, 6.07) is 0. The first-order valence-electron chi connectivity index (χ1n) is 25.8. The topological polar surface area (TPSA) is 295 Å². The summed E-state index contributed by atoms with van der Waals surface area (Å²) in [7, 11) is -81.8. The molecule has 79 heavy (non-hydrogen) atoms. The highest BCUT2D eigenvalue weighted by Gasteiger charge is 2.79. The quantitative estimate of drug-likeness (QED) is 0.315. The maximum absolute atomic E-state index is 7.11. The van der Waals surface area contributed by atoms with Gasteiger partial charge in [-0.1, -0.05) is 0 Å². The molecule has 0 aromatic carbocycles. The highest BCUT2D eigenvalue weighted by atomic mass is 28.6. The number of rotatable bonds is 8. The summed E-state index contributed by atoms with van der Waals surface area (Å²) >= 11 is 0. The Kier molecular flexibility index (Phi) is 18.0. The average molecular weight is 1480 g/mol. The van der Waals surface area contributed by atoms with Crippen LogP contribution in [0.5, 0.6) is 0 Å². The predicted octanol–water partition coefficient (Wildman–Crippen LogP) is 3.24. The van der Waals surface area contributed by atoms with Gasteiger partial charge in [0.2, 0.25) is 0 Å². The van der Waals surface area contributed by atoms with Crippen molar-refractivity contribution in [2.24, 2.45) is 0 Å². The molecule has 9 saturated heterocycles. The Labute approximate surface area is 484 Å². The number of hydrogen-bond acceptors (Lipinski definition) is 32. The summed E-state index contributed by atoms with van der Waals surface area (Å²) in [5.41, 5.74) is 0. The monoisotopic (exact) mass is 1470 g/mol. The first-order valence-corrected chi connectivity index (χ1v) is 69.5. The maximum atomic E-state index is 7.11. The lowest BCUT2D eigenvalue weighted by molar-refractivity contribution is 0.00172. The molecule has 20 unspecified atom stereocenters. The lowest BCUT2D eigenvalue weighted by atomic mass is 10.9. The van der Waals surface area contributed by atoms with Crippen molar-refractivity contribution in [2.75, 3.05) is 26.4 Å². The second kappa shape index (κ2) is 21.3. The Balaban J connectivity index is 1.10. The molecule has 52 heteroatoms. The fourth-order valence-electron chi connectivity index (χ4n) is 11.3. The van der Waals surface area contributed by atoms with Crippen molar-refractivity contribution in [2.45, 2.75) is 152 Å². The zero-order valence-electron chi connectivity index (χ0n) is 49.0. The SMILES string of the molecule is CCO[Si]1(C)O[Si](C)(OCC)O[Si]2(C)O[Si](C)(O1)O[Si]1(C)O[Si]3(C)O[SiH]4O[Si](C)(O[Si](C)(O3)O[Si](C)(O2)O1)O[Si]1(C)O[Si](C)(O4)O[Si]2(C)O[Si](C)(O1)O[Si]1(C)O[Si]3(C)O[Si](C)(OCC)O[Si](C)(OCC)O[Si](C)(O3)O[Si](C)(O2)O1. The molecule has 9 rings (SSSR count). The lowest BCUT2D eigenvalue weighted by Crippen LogP contribution is -2.83. The molecular weight excluding hydrogens is 1400 g/mol. The molecule has 0 saturated carbocycles. The van der Waals surface area contributed by atoms with E-state index < -0.39 is 177 Å².